The van der Waals surface area contributed by atoms with Crippen molar-refractivity contribution < 1.29 is 14.3 Å². The summed E-state index contributed by atoms with van der Waals surface area (Å²) in [4.78, 5) is 27.1. The van der Waals surface area contributed by atoms with E-state index in [9.17, 15) is 9.59 Å². The van der Waals surface area contributed by atoms with Crippen molar-refractivity contribution in [2.24, 2.45) is 7.05 Å². The lowest BCUT2D eigenvalue weighted by atomic mass is 10.2. The molecule has 3 aromatic rings. The van der Waals surface area contributed by atoms with Crippen molar-refractivity contribution in [2.45, 2.75) is 6.54 Å². The lowest BCUT2D eigenvalue weighted by molar-refractivity contribution is -0.115. The molecule has 0 aliphatic carbocycles. The zero-order chi connectivity index (χ0) is 20.2. The molecular weight excluding hydrogens is 388 g/mol. The van der Waals surface area contributed by atoms with Crippen LogP contribution in [0.1, 0.15) is 16.1 Å². The maximum absolute atomic E-state index is 12.4. The summed E-state index contributed by atoms with van der Waals surface area (Å²) in [5, 5.41) is 7.56. The number of carbonyl (C=O) groups excluding carboxylic acids is 2. The van der Waals surface area contributed by atoms with Gasteiger partial charge in [0.2, 0.25) is 5.91 Å². The molecule has 1 aliphatic heterocycles. The van der Waals surface area contributed by atoms with Crippen molar-refractivity contribution in [3.05, 3.63) is 53.0 Å². The summed E-state index contributed by atoms with van der Waals surface area (Å²) in [5.41, 5.74) is 3.43. The molecule has 8 heteroatoms. The number of thiophene rings is 1. The smallest absolute Gasteiger partial charge is 0.268 e. The zero-order valence-electron chi connectivity index (χ0n) is 16.3. The van der Waals surface area contributed by atoms with Crippen LogP contribution in [0, 0.1) is 0 Å². The molecule has 1 aromatic carbocycles. The Morgan fingerprint density at radius 2 is 2.00 bits per heavy atom. The van der Waals surface area contributed by atoms with Gasteiger partial charge >= 0.3 is 0 Å². The number of aromatic nitrogens is 1. The van der Waals surface area contributed by atoms with Gasteiger partial charge in [-0.25, -0.2) is 0 Å². The predicted molar refractivity (Wildman–Crippen MR) is 114 cm³/mol. The molecule has 7 nitrogen and oxygen atoms in total. The third-order valence-corrected chi connectivity index (χ3v) is 5.88. The highest BCUT2D eigenvalue weighted by atomic mass is 32.1. The van der Waals surface area contributed by atoms with E-state index in [4.69, 9.17) is 4.74 Å². The molecular formula is C21H24N4O3S. The first-order valence-electron chi connectivity index (χ1n) is 9.60. The van der Waals surface area contributed by atoms with Gasteiger partial charge in [0.05, 0.1) is 30.0 Å². The number of ether oxygens (including phenoxy) is 1. The van der Waals surface area contributed by atoms with Crippen molar-refractivity contribution in [1.29, 1.82) is 0 Å². The Morgan fingerprint density at radius 1 is 1.17 bits per heavy atom. The minimum atomic E-state index is -0.257. The third-order valence-electron chi connectivity index (χ3n) is 5.03. The van der Waals surface area contributed by atoms with E-state index in [2.05, 4.69) is 15.5 Å². The van der Waals surface area contributed by atoms with Gasteiger partial charge in [-0.2, -0.15) is 0 Å². The quantitative estimate of drug-likeness (QED) is 0.652. The summed E-state index contributed by atoms with van der Waals surface area (Å²) in [6.45, 7) is 4.10. The second kappa shape index (κ2) is 8.77. The Labute approximate surface area is 173 Å². The number of nitrogens with one attached hydrogen (secondary N) is 2. The molecule has 2 aromatic heterocycles. The number of hydrogen-bond acceptors (Lipinski definition) is 5. The minimum Gasteiger partial charge on any atom is -0.379 e. The average Bonchev–Trinajstić information content (AvgIpc) is 3.30. The molecule has 1 aliphatic rings. The summed E-state index contributed by atoms with van der Waals surface area (Å²) < 4.78 is 8.27. The Hall–Kier alpha value is -2.68. The van der Waals surface area contributed by atoms with Crippen molar-refractivity contribution in [3.63, 3.8) is 0 Å². The molecule has 4 rings (SSSR count). The number of aryl methyl sites for hydroxylation is 1. The van der Waals surface area contributed by atoms with Gasteiger partial charge in [0.1, 0.15) is 5.69 Å². The van der Waals surface area contributed by atoms with E-state index in [0.717, 1.165) is 54.3 Å². The standard InChI is InChI=1S/C21H24N4O3S/c1-24-17-5-10-29-19(17)12-18(24)21(27)22-13-20(26)23-16-4-2-3-15(11-16)14-25-6-8-28-9-7-25/h2-5,10-12H,6-9,13-14H2,1H3,(H,22,27)(H,23,26). The number of nitrogens with zero attached hydrogens (tertiary/aromatic N) is 2. The number of rotatable bonds is 6. The first-order chi connectivity index (χ1) is 14.1. The molecule has 2 N–H and O–H groups in total. The Kier molecular flexibility index (Phi) is 5.94. The van der Waals surface area contributed by atoms with Gasteiger partial charge in [-0.3, -0.25) is 14.5 Å². The van der Waals surface area contributed by atoms with E-state index < -0.39 is 0 Å². The van der Waals surface area contributed by atoms with Crippen LogP contribution in [0.2, 0.25) is 0 Å². The van der Waals surface area contributed by atoms with Crippen LogP contribution in [-0.2, 0) is 23.1 Å². The number of hydrogen-bond donors (Lipinski definition) is 2. The molecule has 0 unspecified atom stereocenters. The number of fused-ring (bicyclic) bond motifs is 1. The molecule has 152 valence electrons. The van der Waals surface area contributed by atoms with Gasteiger partial charge in [-0.05, 0) is 35.2 Å². The number of morpholine rings is 1. The van der Waals surface area contributed by atoms with Crippen molar-refractivity contribution in [2.75, 3.05) is 38.2 Å². The highest BCUT2D eigenvalue weighted by Gasteiger charge is 2.15. The van der Waals surface area contributed by atoms with Crippen molar-refractivity contribution in [1.82, 2.24) is 14.8 Å². The monoisotopic (exact) mass is 412 g/mol. The summed E-state index contributed by atoms with van der Waals surface area (Å²) >= 11 is 1.59. The SMILES string of the molecule is Cn1c(C(=O)NCC(=O)Nc2cccc(CN3CCOCC3)c2)cc2sccc21. The molecule has 1 fully saturated rings. The van der Waals surface area contributed by atoms with E-state index in [1.165, 1.54) is 0 Å². The van der Waals surface area contributed by atoms with Gasteiger partial charge in [0, 0.05) is 32.4 Å². The fourth-order valence-electron chi connectivity index (χ4n) is 3.49. The Balaban J connectivity index is 1.31. The Morgan fingerprint density at radius 3 is 2.79 bits per heavy atom. The number of carbonyl (C=O) groups is 2. The number of amides is 2. The molecule has 0 saturated carbocycles. The van der Waals surface area contributed by atoms with Crippen LogP contribution in [0.25, 0.3) is 10.2 Å². The number of benzene rings is 1. The highest BCUT2D eigenvalue weighted by molar-refractivity contribution is 7.17. The fraction of sp³-hybridized carbons (Fsp3) is 0.333. The van der Waals surface area contributed by atoms with E-state index >= 15 is 0 Å². The fourth-order valence-corrected chi connectivity index (χ4v) is 4.34. The highest BCUT2D eigenvalue weighted by Crippen LogP contribution is 2.24. The second-order valence-corrected chi connectivity index (χ2v) is 8.03. The lowest BCUT2D eigenvalue weighted by Crippen LogP contribution is -2.35. The van der Waals surface area contributed by atoms with Gasteiger partial charge in [0.25, 0.3) is 5.91 Å². The van der Waals surface area contributed by atoms with Gasteiger partial charge in [-0.1, -0.05) is 12.1 Å². The molecule has 3 heterocycles. The maximum atomic E-state index is 12.4. The summed E-state index contributed by atoms with van der Waals surface area (Å²) in [6.07, 6.45) is 0. The first-order valence-corrected chi connectivity index (χ1v) is 10.5. The van der Waals surface area contributed by atoms with E-state index in [0.29, 0.717) is 5.69 Å². The molecule has 0 bridgehead atoms. The van der Waals surface area contributed by atoms with Crippen LogP contribution in [0.4, 0.5) is 5.69 Å². The summed E-state index contributed by atoms with van der Waals surface area (Å²) in [6, 6.07) is 11.6. The Bertz CT molecular complexity index is 1020. The number of anilines is 1. The van der Waals surface area contributed by atoms with Crippen LogP contribution in [-0.4, -0.2) is 54.1 Å². The normalized spacial score (nSPS) is 14.8. The van der Waals surface area contributed by atoms with Crippen LogP contribution in [0.3, 0.4) is 0 Å². The summed E-state index contributed by atoms with van der Waals surface area (Å²) in [7, 11) is 1.85. The largest absolute Gasteiger partial charge is 0.379 e. The topological polar surface area (TPSA) is 75.6 Å². The molecule has 0 radical (unpaired) electrons. The van der Waals surface area contributed by atoms with Crippen LogP contribution < -0.4 is 10.6 Å². The second-order valence-electron chi connectivity index (χ2n) is 7.08. The predicted octanol–water partition coefficient (Wildman–Crippen LogP) is 2.44. The maximum Gasteiger partial charge on any atom is 0.268 e. The van der Waals surface area contributed by atoms with E-state index in [1.54, 1.807) is 11.3 Å². The average molecular weight is 413 g/mol. The van der Waals surface area contributed by atoms with Gasteiger partial charge in [0.15, 0.2) is 0 Å². The molecule has 1 saturated heterocycles. The van der Waals surface area contributed by atoms with Gasteiger partial charge in [-0.15, -0.1) is 11.3 Å². The molecule has 2 amide bonds. The molecule has 29 heavy (non-hydrogen) atoms. The molecule has 0 spiro atoms. The summed E-state index contributed by atoms with van der Waals surface area (Å²) in [5.74, 6) is -0.509. The van der Waals surface area contributed by atoms with E-state index in [-0.39, 0.29) is 18.4 Å². The third kappa shape index (κ3) is 4.67. The minimum absolute atomic E-state index is 0.0780. The molecule has 0 atom stereocenters. The van der Waals surface area contributed by atoms with Crippen LogP contribution in [0.15, 0.2) is 41.8 Å². The van der Waals surface area contributed by atoms with E-state index in [1.807, 2.05) is 53.4 Å². The van der Waals surface area contributed by atoms with Crippen molar-refractivity contribution >= 4 is 39.1 Å². The van der Waals surface area contributed by atoms with Crippen LogP contribution in [0.5, 0.6) is 0 Å². The zero-order valence-corrected chi connectivity index (χ0v) is 17.1. The van der Waals surface area contributed by atoms with Crippen LogP contribution >= 0.6 is 11.3 Å². The first kappa shape index (κ1) is 19.6. The van der Waals surface area contributed by atoms with Crippen molar-refractivity contribution in [3.8, 4) is 0 Å². The lowest BCUT2D eigenvalue weighted by Gasteiger charge is -2.26. The van der Waals surface area contributed by atoms with Gasteiger partial charge < -0.3 is 19.9 Å².